The number of pyridine rings is 1. The molecule has 1 aromatic carbocycles. The number of amides is 1. The summed E-state index contributed by atoms with van der Waals surface area (Å²) in [6, 6.07) is 11.9. The van der Waals surface area contributed by atoms with Crippen molar-refractivity contribution in [2.75, 3.05) is 17.7 Å². The zero-order chi connectivity index (χ0) is 25.4. The lowest BCUT2D eigenvalue weighted by molar-refractivity contribution is -0.113. The number of aryl methyl sites for hydroxylation is 2. The number of nitriles is 1. The third-order valence-electron chi connectivity index (χ3n) is 6.44. The summed E-state index contributed by atoms with van der Waals surface area (Å²) < 4.78 is 7.27. The Balaban J connectivity index is 1.43. The van der Waals surface area contributed by atoms with Crippen molar-refractivity contribution >= 4 is 56.7 Å². The van der Waals surface area contributed by atoms with Crippen molar-refractivity contribution in [1.29, 1.82) is 5.26 Å². The lowest BCUT2D eigenvalue weighted by atomic mass is 9.88. The van der Waals surface area contributed by atoms with E-state index in [-0.39, 0.29) is 24.2 Å². The summed E-state index contributed by atoms with van der Waals surface area (Å²) in [5.41, 5.74) is 5.14. The number of fused-ring (bicyclic) bond motifs is 4. The van der Waals surface area contributed by atoms with Gasteiger partial charge in [-0.25, -0.2) is 9.78 Å². The first kappa shape index (κ1) is 24.3. The van der Waals surface area contributed by atoms with Gasteiger partial charge in [-0.15, -0.1) is 11.3 Å². The van der Waals surface area contributed by atoms with Crippen molar-refractivity contribution in [3.05, 3.63) is 57.5 Å². The normalized spacial score (nSPS) is 15.0. The standard InChI is InChI=1S/C27H26N4O3S2/c1-4-34-27(33)24-17-11-15(2)9-10-21(17)36-26(24)30-22(32)14-35-23-12-16(3)18(13-28)25-29-19-7-5-6-8-20(19)31(23)25/h5-8,12,15H,4,9-11,14H2,1-3H3,(H,30,32). The monoisotopic (exact) mass is 518 g/mol. The Labute approximate surface area is 217 Å². The zero-order valence-electron chi connectivity index (χ0n) is 20.4. The van der Waals surface area contributed by atoms with E-state index in [9.17, 15) is 14.9 Å². The van der Waals surface area contributed by atoms with E-state index in [0.717, 1.165) is 51.3 Å². The predicted molar refractivity (Wildman–Crippen MR) is 143 cm³/mol. The van der Waals surface area contributed by atoms with Crippen LogP contribution < -0.4 is 5.32 Å². The van der Waals surface area contributed by atoms with E-state index in [1.165, 1.54) is 23.1 Å². The maximum Gasteiger partial charge on any atom is 0.341 e. The van der Waals surface area contributed by atoms with Crippen molar-refractivity contribution in [3.8, 4) is 6.07 Å². The molecule has 184 valence electrons. The minimum atomic E-state index is -0.374. The highest BCUT2D eigenvalue weighted by atomic mass is 32.2. The van der Waals surface area contributed by atoms with E-state index < -0.39 is 0 Å². The topological polar surface area (TPSA) is 96.5 Å². The number of nitrogens with one attached hydrogen (secondary N) is 1. The first-order chi connectivity index (χ1) is 17.4. The van der Waals surface area contributed by atoms with Crippen LogP contribution in [0.25, 0.3) is 16.7 Å². The number of para-hydroxylation sites is 2. The molecule has 1 aliphatic rings. The number of hydrogen-bond donors (Lipinski definition) is 1. The molecule has 7 nitrogen and oxygen atoms in total. The number of anilines is 1. The molecule has 0 saturated heterocycles. The molecular weight excluding hydrogens is 492 g/mol. The molecule has 0 fully saturated rings. The molecule has 1 atom stereocenters. The number of benzene rings is 1. The maximum atomic E-state index is 13.1. The number of carbonyl (C=O) groups is 2. The van der Waals surface area contributed by atoms with E-state index in [1.807, 2.05) is 41.7 Å². The van der Waals surface area contributed by atoms with Gasteiger partial charge >= 0.3 is 5.97 Å². The van der Waals surface area contributed by atoms with Gasteiger partial charge in [0.2, 0.25) is 5.91 Å². The number of esters is 1. The van der Waals surface area contributed by atoms with E-state index in [2.05, 4.69) is 23.3 Å². The molecule has 1 unspecified atom stereocenters. The summed E-state index contributed by atoms with van der Waals surface area (Å²) in [6.07, 6.45) is 2.81. The number of imidazole rings is 1. The second-order valence-corrected chi connectivity index (χ2v) is 11.1. The largest absolute Gasteiger partial charge is 0.462 e. The fraction of sp³-hybridized carbons (Fsp3) is 0.333. The van der Waals surface area contributed by atoms with Crippen molar-refractivity contribution in [1.82, 2.24) is 9.38 Å². The molecule has 1 amide bonds. The number of rotatable bonds is 6. The molecule has 0 saturated carbocycles. The van der Waals surface area contributed by atoms with Gasteiger partial charge in [-0.05, 0) is 68.4 Å². The van der Waals surface area contributed by atoms with Gasteiger partial charge in [0.15, 0.2) is 5.65 Å². The number of nitrogens with zero attached hydrogens (tertiary/aromatic N) is 3. The number of carbonyl (C=O) groups excluding carboxylic acids is 2. The van der Waals surface area contributed by atoms with Crippen LogP contribution in [0.3, 0.4) is 0 Å². The molecule has 4 aromatic rings. The summed E-state index contributed by atoms with van der Waals surface area (Å²) in [5.74, 6) is 0.0679. The first-order valence-electron chi connectivity index (χ1n) is 12.0. The molecule has 1 aliphatic carbocycles. The number of aromatic nitrogens is 2. The second kappa shape index (κ2) is 9.96. The fourth-order valence-electron chi connectivity index (χ4n) is 4.73. The molecule has 0 spiro atoms. The van der Waals surface area contributed by atoms with Crippen LogP contribution >= 0.6 is 23.1 Å². The number of hydrogen-bond acceptors (Lipinski definition) is 7. The van der Waals surface area contributed by atoms with Crippen LogP contribution in [0.15, 0.2) is 35.4 Å². The number of thiophene rings is 1. The van der Waals surface area contributed by atoms with Gasteiger partial charge in [0.1, 0.15) is 11.1 Å². The maximum absolute atomic E-state index is 13.1. The third kappa shape index (κ3) is 4.36. The molecule has 36 heavy (non-hydrogen) atoms. The lowest BCUT2D eigenvalue weighted by Gasteiger charge is -2.18. The summed E-state index contributed by atoms with van der Waals surface area (Å²) in [7, 11) is 0. The Morgan fingerprint density at radius 1 is 1.36 bits per heavy atom. The minimum Gasteiger partial charge on any atom is -0.462 e. The Kier molecular flexibility index (Phi) is 6.73. The number of thioether (sulfide) groups is 1. The van der Waals surface area contributed by atoms with Gasteiger partial charge in [-0.1, -0.05) is 30.8 Å². The van der Waals surface area contributed by atoms with Crippen LogP contribution in [0.4, 0.5) is 5.00 Å². The average molecular weight is 519 g/mol. The molecule has 0 bridgehead atoms. The Bertz CT molecular complexity index is 1550. The molecule has 9 heteroatoms. The van der Waals surface area contributed by atoms with E-state index in [4.69, 9.17) is 4.74 Å². The van der Waals surface area contributed by atoms with Crippen molar-refractivity contribution < 1.29 is 14.3 Å². The Hall–Kier alpha value is -3.35. The zero-order valence-corrected chi connectivity index (χ0v) is 22.0. The average Bonchev–Trinajstić information content (AvgIpc) is 3.40. The van der Waals surface area contributed by atoms with E-state index in [1.54, 1.807) is 6.92 Å². The van der Waals surface area contributed by atoms with Crippen molar-refractivity contribution in [2.45, 2.75) is 45.1 Å². The van der Waals surface area contributed by atoms with E-state index in [0.29, 0.717) is 27.7 Å². The molecule has 0 aliphatic heterocycles. The van der Waals surface area contributed by atoms with Crippen molar-refractivity contribution in [2.24, 2.45) is 5.92 Å². The van der Waals surface area contributed by atoms with Crippen LogP contribution in [0, 0.1) is 24.2 Å². The van der Waals surface area contributed by atoms with Crippen LogP contribution in [0.1, 0.15) is 52.2 Å². The summed E-state index contributed by atoms with van der Waals surface area (Å²) in [4.78, 5) is 31.7. The third-order valence-corrected chi connectivity index (χ3v) is 8.65. The van der Waals surface area contributed by atoms with Crippen LogP contribution in [0.2, 0.25) is 0 Å². The quantitative estimate of drug-likeness (QED) is 0.257. The molecule has 5 rings (SSSR count). The second-order valence-electron chi connectivity index (χ2n) is 9.03. The fourth-order valence-corrected chi connectivity index (χ4v) is 6.90. The smallest absolute Gasteiger partial charge is 0.341 e. The van der Waals surface area contributed by atoms with Gasteiger partial charge in [0, 0.05) is 4.88 Å². The lowest BCUT2D eigenvalue weighted by Crippen LogP contribution is -2.18. The van der Waals surface area contributed by atoms with Gasteiger partial charge in [-0.2, -0.15) is 5.26 Å². The first-order valence-corrected chi connectivity index (χ1v) is 13.8. The SMILES string of the molecule is CCOC(=O)c1c(NC(=O)CSc2cc(C)c(C#N)c3nc4ccccc4n23)sc2c1CC(C)CC2. The molecule has 1 N–H and O–H groups in total. The van der Waals surface area contributed by atoms with Gasteiger partial charge < -0.3 is 10.1 Å². The Morgan fingerprint density at radius 2 is 2.17 bits per heavy atom. The minimum absolute atomic E-state index is 0.147. The highest BCUT2D eigenvalue weighted by Crippen LogP contribution is 2.40. The summed E-state index contributed by atoms with van der Waals surface area (Å²) in [5, 5.41) is 14.1. The molecule has 3 aromatic heterocycles. The molecule has 0 radical (unpaired) electrons. The summed E-state index contributed by atoms with van der Waals surface area (Å²) >= 11 is 2.87. The van der Waals surface area contributed by atoms with Crippen LogP contribution in [0.5, 0.6) is 0 Å². The van der Waals surface area contributed by atoms with E-state index >= 15 is 0 Å². The Morgan fingerprint density at radius 3 is 2.94 bits per heavy atom. The van der Waals surface area contributed by atoms with Gasteiger partial charge in [0.25, 0.3) is 0 Å². The van der Waals surface area contributed by atoms with Gasteiger partial charge in [0.05, 0.1) is 39.5 Å². The molecular formula is C27H26N4O3S2. The molecule has 3 heterocycles. The number of ether oxygens (including phenoxy) is 1. The van der Waals surface area contributed by atoms with Crippen LogP contribution in [-0.4, -0.2) is 33.6 Å². The predicted octanol–water partition coefficient (Wildman–Crippen LogP) is 5.76. The highest BCUT2D eigenvalue weighted by Gasteiger charge is 2.29. The highest BCUT2D eigenvalue weighted by molar-refractivity contribution is 7.99. The van der Waals surface area contributed by atoms with Crippen LogP contribution in [-0.2, 0) is 22.4 Å². The van der Waals surface area contributed by atoms with Crippen molar-refractivity contribution in [3.63, 3.8) is 0 Å². The summed E-state index contributed by atoms with van der Waals surface area (Å²) in [6.45, 7) is 6.14. The van der Waals surface area contributed by atoms with Gasteiger partial charge in [-0.3, -0.25) is 9.20 Å².